The molecule has 1 aromatic rings. The van der Waals surface area contributed by atoms with Crippen molar-refractivity contribution in [2.45, 2.75) is 58.3 Å². The molecule has 1 aromatic heterocycles. The van der Waals surface area contributed by atoms with Crippen molar-refractivity contribution < 1.29 is 9.53 Å². The van der Waals surface area contributed by atoms with Crippen LogP contribution in [0.3, 0.4) is 0 Å². The maximum Gasteiger partial charge on any atom is 0.272 e. The summed E-state index contributed by atoms with van der Waals surface area (Å²) in [7, 11) is 1.82. The van der Waals surface area contributed by atoms with Crippen LogP contribution in [-0.2, 0) is 11.3 Å². The quantitative estimate of drug-likeness (QED) is 0.825. The predicted octanol–water partition coefficient (Wildman–Crippen LogP) is 1.86. The summed E-state index contributed by atoms with van der Waals surface area (Å²) in [5.41, 5.74) is 0.707. The lowest BCUT2D eigenvalue weighted by Gasteiger charge is -2.54. The molecule has 2 aliphatic heterocycles. The third-order valence-corrected chi connectivity index (χ3v) is 5.67. The van der Waals surface area contributed by atoms with Gasteiger partial charge in [0.25, 0.3) is 5.91 Å². The first-order valence-corrected chi connectivity index (χ1v) is 9.16. The first-order chi connectivity index (χ1) is 11.6. The number of carbonyl (C=O) groups is 1. The fourth-order valence-electron chi connectivity index (χ4n) is 4.23. The topological polar surface area (TPSA) is 50.6 Å². The number of ether oxygens (including phenoxy) is 1. The maximum atomic E-state index is 12.7. The molecule has 134 valence electrons. The highest BCUT2D eigenvalue weighted by atomic mass is 16.5. The summed E-state index contributed by atoms with van der Waals surface area (Å²) >= 11 is 0. The summed E-state index contributed by atoms with van der Waals surface area (Å²) in [6.07, 6.45) is 4.17. The minimum Gasteiger partial charge on any atom is -0.378 e. The molecule has 24 heavy (non-hydrogen) atoms. The Kier molecular flexibility index (Phi) is 5.25. The zero-order chi connectivity index (χ0) is 17.3. The lowest BCUT2D eigenvalue weighted by Crippen LogP contribution is -2.66. The van der Waals surface area contributed by atoms with Crippen molar-refractivity contribution in [1.82, 2.24) is 19.6 Å². The highest BCUT2D eigenvalue weighted by molar-refractivity contribution is 5.92. The van der Waals surface area contributed by atoms with Crippen LogP contribution < -0.4 is 0 Å². The third kappa shape index (κ3) is 3.09. The van der Waals surface area contributed by atoms with Crippen LogP contribution in [-0.4, -0.2) is 70.4 Å². The number of rotatable bonds is 5. The Hall–Kier alpha value is -1.40. The summed E-state index contributed by atoms with van der Waals surface area (Å²) < 4.78 is 7.44. The van der Waals surface area contributed by atoms with E-state index in [4.69, 9.17) is 4.74 Å². The van der Waals surface area contributed by atoms with Crippen LogP contribution in [0.5, 0.6) is 0 Å². The first-order valence-electron chi connectivity index (χ1n) is 9.16. The Bertz CT molecular complexity index is 563. The number of nitrogens with zero attached hydrogens (tertiary/aromatic N) is 4. The van der Waals surface area contributed by atoms with E-state index in [9.17, 15) is 4.79 Å². The number of amides is 1. The van der Waals surface area contributed by atoms with Crippen LogP contribution in [0.2, 0.25) is 0 Å². The third-order valence-electron chi connectivity index (χ3n) is 5.67. The number of piperidine rings is 1. The van der Waals surface area contributed by atoms with E-state index in [1.165, 1.54) is 0 Å². The Morgan fingerprint density at radius 1 is 1.38 bits per heavy atom. The zero-order valence-corrected chi connectivity index (χ0v) is 15.3. The summed E-state index contributed by atoms with van der Waals surface area (Å²) in [5.74, 6) is 0.733. The molecule has 0 bridgehead atoms. The van der Waals surface area contributed by atoms with Crippen molar-refractivity contribution >= 4 is 5.91 Å². The molecule has 2 atom stereocenters. The van der Waals surface area contributed by atoms with E-state index >= 15 is 0 Å². The lowest BCUT2D eigenvalue weighted by molar-refractivity contribution is -0.128. The van der Waals surface area contributed by atoms with Crippen LogP contribution in [0, 0.1) is 5.92 Å². The number of hydrogen-bond acceptors (Lipinski definition) is 4. The molecule has 6 nitrogen and oxygen atoms in total. The molecule has 3 heterocycles. The van der Waals surface area contributed by atoms with Gasteiger partial charge in [-0.3, -0.25) is 14.4 Å². The second-order valence-electron chi connectivity index (χ2n) is 7.22. The summed E-state index contributed by atoms with van der Waals surface area (Å²) in [6.45, 7) is 9.94. The van der Waals surface area contributed by atoms with Crippen molar-refractivity contribution in [2.24, 2.45) is 5.92 Å². The first kappa shape index (κ1) is 17.4. The summed E-state index contributed by atoms with van der Waals surface area (Å²) in [6, 6.07) is 2.89. The van der Waals surface area contributed by atoms with Crippen LogP contribution in [0.25, 0.3) is 0 Å². The van der Waals surface area contributed by atoms with Crippen molar-refractivity contribution in [3.8, 4) is 0 Å². The van der Waals surface area contributed by atoms with E-state index in [2.05, 4.69) is 23.8 Å². The Morgan fingerprint density at radius 3 is 2.67 bits per heavy atom. The van der Waals surface area contributed by atoms with Gasteiger partial charge in [-0.1, -0.05) is 0 Å². The molecular formula is C18H30N4O2. The fraction of sp³-hybridized carbons (Fsp3) is 0.778. The smallest absolute Gasteiger partial charge is 0.272 e. The van der Waals surface area contributed by atoms with Gasteiger partial charge in [0, 0.05) is 51.6 Å². The van der Waals surface area contributed by atoms with Gasteiger partial charge in [0.2, 0.25) is 0 Å². The Labute approximate surface area is 144 Å². The molecule has 0 aromatic carbocycles. The second kappa shape index (κ2) is 7.23. The lowest BCUT2D eigenvalue weighted by atomic mass is 9.79. The molecule has 2 saturated heterocycles. The van der Waals surface area contributed by atoms with Crippen molar-refractivity contribution in [3.05, 3.63) is 18.0 Å². The van der Waals surface area contributed by atoms with E-state index in [0.29, 0.717) is 29.8 Å². The van der Waals surface area contributed by atoms with Crippen LogP contribution >= 0.6 is 0 Å². The molecule has 0 saturated carbocycles. The Morgan fingerprint density at radius 2 is 2.08 bits per heavy atom. The Balaban J connectivity index is 1.60. The molecule has 6 heteroatoms. The minimum atomic E-state index is 0.116. The molecule has 2 aliphatic rings. The largest absolute Gasteiger partial charge is 0.378 e. The normalized spacial score (nSPS) is 26.0. The van der Waals surface area contributed by atoms with Gasteiger partial charge in [0.15, 0.2) is 0 Å². The molecule has 0 radical (unpaired) electrons. The highest BCUT2D eigenvalue weighted by Gasteiger charge is 2.45. The van der Waals surface area contributed by atoms with Crippen molar-refractivity contribution in [1.29, 1.82) is 0 Å². The number of aromatic nitrogens is 2. The average Bonchev–Trinajstić information content (AvgIpc) is 3.02. The van der Waals surface area contributed by atoms with Gasteiger partial charge in [0.05, 0.1) is 6.10 Å². The molecule has 0 N–H and O–H groups in total. The van der Waals surface area contributed by atoms with E-state index in [0.717, 1.165) is 39.0 Å². The molecular weight excluding hydrogens is 304 g/mol. The average molecular weight is 334 g/mol. The number of aryl methyl sites for hydroxylation is 1. The maximum absolute atomic E-state index is 12.7. The monoisotopic (exact) mass is 334 g/mol. The highest BCUT2D eigenvalue weighted by Crippen LogP contribution is 2.35. The number of methoxy groups -OCH3 is 1. The SMILES string of the molecule is CCn1nccc1C(=O)N1CCC([C@H]2[C@@H](OC)CN2C(C)C)CC1. The summed E-state index contributed by atoms with van der Waals surface area (Å²) in [4.78, 5) is 17.3. The molecule has 3 rings (SSSR count). The van der Waals surface area contributed by atoms with Gasteiger partial charge < -0.3 is 9.64 Å². The zero-order valence-electron chi connectivity index (χ0n) is 15.3. The molecule has 0 spiro atoms. The molecule has 1 amide bonds. The second-order valence-corrected chi connectivity index (χ2v) is 7.22. The van der Waals surface area contributed by atoms with Gasteiger partial charge in [-0.25, -0.2) is 0 Å². The van der Waals surface area contributed by atoms with Crippen molar-refractivity contribution in [3.63, 3.8) is 0 Å². The van der Waals surface area contributed by atoms with E-state index in [1.54, 1.807) is 10.9 Å². The van der Waals surface area contributed by atoms with Crippen LogP contribution in [0.15, 0.2) is 12.3 Å². The van der Waals surface area contributed by atoms with E-state index < -0.39 is 0 Å². The number of carbonyl (C=O) groups excluding carboxylic acids is 1. The van der Waals surface area contributed by atoms with E-state index in [-0.39, 0.29) is 5.91 Å². The molecule has 0 aliphatic carbocycles. The number of likely N-dealkylation sites (tertiary alicyclic amines) is 2. The van der Waals surface area contributed by atoms with Gasteiger partial charge in [-0.15, -0.1) is 0 Å². The van der Waals surface area contributed by atoms with E-state index in [1.807, 2.05) is 25.0 Å². The molecule has 0 unspecified atom stereocenters. The summed E-state index contributed by atoms with van der Waals surface area (Å²) in [5, 5.41) is 4.21. The number of hydrogen-bond donors (Lipinski definition) is 0. The van der Waals surface area contributed by atoms with Crippen LogP contribution in [0.4, 0.5) is 0 Å². The van der Waals surface area contributed by atoms with Gasteiger partial charge in [0.1, 0.15) is 5.69 Å². The molecule has 2 fully saturated rings. The fourth-order valence-corrected chi connectivity index (χ4v) is 4.23. The van der Waals surface area contributed by atoms with Gasteiger partial charge in [-0.05, 0) is 45.6 Å². The minimum absolute atomic E-state index is 0.116. The van der Waals surface area contributed by atoms with Gasteiger partial charge in [-0.2, -0.15) is 5.10 Å². The van der Waals surface area contributed by atoms with Crippen LogP contribution in [0.1, 0.15) is 44.1 Å². The standard InChI is InChI=1S/C18H30N4O2/c1-5-22-15(6-9-19-22)18(23)20-10-7-14(8-11-20)17-16(24-4)12-21(17)13(2)3/h6,9,13-14,16-17H,5,7-8,10-12H2,1-4H3/t16-,17-/m0/s1. The van der Waals surface area contributed by atoms with Gasteiger partial charge >= 0.3 is 0 Å². The predicted molar refractivity (Wildman–Crippen MR) is 93.0 cm³/mol. The van der Waals surface area contributed by atoms with Crippen molar-refractivity contribution in [2.75, 3.05) is 26.7 Å².